The molecule has 0 unspecified atom stereocenters. The lowest BCUT2D eigenvalue weighted by Crippen LogP contribution is -2.15. The topological polar surface area (TPSA) is 29.3 Å². The van der Waals surface area contributed by atoms with Crippen LogP contribution in [0.2, 0.25) is 0 Å². The first-order valence-corrected chi connectivity index (χ1v) is 7.03. The van der Waals surface area contributed by atoms with Crippen LogP contribution in [0.5, 0.6) is 0 Å². The van der Waals surface area contributed by atoms with Crippen molar-refractivity contribution in [1.82, 2.24) is 0 Å². The molecule has 0 spiro atoms. The van der Waals surface area contributed by atoms with Gasteiger partial charge in [-0.05, 0) is 46.6 Å². The fraction of sp³-hybridized carbons (Fsp3) is 0.231. The van der Waals surface area contributed by atoms with Crippen LogP contribution in [0.1, 0.15) is 10.4 Å². The molecule has 4 heteroatoms. The number of nitrogen functional groups attached to an aromatic ring is 1. The molecule has 0 saturated carbocycles. The van der Waals surface area contributed by atoms with Crippen molar-refractivity contribution >= 4 is 38.6 Å². The highest BCUT2D eigenvalue weighted by atomic mass is 79.9. The summed E-state index contributed by atoms with van der Waals surface area (Å²) in [6, 6.07) is 8.34. The Morgan fingerprint density at radius 3 is 2.71 bits per heavy atom. The van der Waals surface area contributed by atoms with Crippen LogP contribution < -0.4 is 10.6 Å². The number of nitrogens with zero attached hydrogens (tertiary/aromatic N) is 1. The Morgan fingerprint density at radius 2 is 2.12 bits per heavy atom. The standard InChI is InChI=1S/C13H15BrN2S/c1-9-3-4-11(6-13(9)15)16(2)7-12-5-10(14)8-17-12/h3-6,8H,7,15H2,1-2H3. The van der Waals surface area contributed by atoms with Gasteiger partial charge in [-0.3, -0.25) is 0 Å². The van der Waals surface area contributed by atoms with E-state index in [-0.39, 0.29) is 0 Å². The molecule has 0 bridgehead atoms. The molecule has 0 aliphatic heterocycles. The first kappa shape index (κ1) is 12.5. The molecule has 1 aromatic heterocycles. The van der Waals surface area contributed by atoms with Gasteiger partial charge in [0.25, 0.3) is 0 Å². The second-order valence-corrected chi connectivity index (χ2v) is 6.04. The van der Waals surface area contributed by atoms with Gasteiger partial charge in [0.2, 0.25) is 0 Å². The van der Waals surface area contributed by atoms with Crippen molar-refractivity contribution in [2.24, 2.45) is 0 Å². The van der Waals surface area contributed by atoms with E-state index >= 15 is 0 Å². The lowest BCUT2D eigenvalue weighted by atomic mass is 10.2. The third kappa shape index (κ3) is 3.01. The van der Waals surface area contributed by atoms with Crippen LogP contribution in [-0.2, 0) is 6.54 Å². The van der Waals surface area contributed by atoms with Crippen LogP contribution in [-0.4, -0.2) is 7.05 Å². The van der Waals surface area contributed by atoms with Crippen molar-refractivity contribution in [3.8, 4) is 0 Å². The number of hydrogen-bond acceptors (Lipinski definition) is 3. The molecule has 0 radical (unpaired) electrons. The summed E-state index contributed by atoms with van der Waals surface area (Å²) in [5.74, 6) is 0. The van der Waals surface area contributed by atoms with Gasteiger partial charge in [0.05, 0.1) is 6.54 Å². The van der Waals surface area contributed by atoms with Crippen LogP contribution in [0.15, 0.2) is 34.1 Å². The quantitative estimate of drug-likeness (QED) is 0.867. The molecule has 1 heterocycles. The van der Waals surface area contributed by atoms with E-state index in [1.165, 1.54) is 4.88 Å². The molecule has 0 aliphatic carbocycles. The van der Waals surface area contributed by atoms with Gasteiger partial charge in [-0.1, -0.05) is 6.07 Å². The maximum absolute atomic E-state index is 5.92. The van der Waals surface area contributed by atoms with E-state index in [0.29, 0.717) is 0 Å². The summed E-state index contributed by atoms with van der Waals surface area (Å²) in [5.41, 5.74) is 9.05. The number of benzene rings is 1. The Balaban J connectivity index is 2.14. The van der Waals surface area contributed by atoms with Crippen LogP contribution in [0, 0.1) is 6.92 Å². The van der Waals surface area contributed by atoms with Gasteiger partial charge in [-0.2, -0.15) is 0 Å². The van der Waals surface area contributed by atoms with E-state index in [1.54, 1.807) is 11.3 Å². The van der Waals surface area contributed by atoms with Crippen molar-refractivity contribution in [1.29, 1.82) is 0 Å². The lowest BCUT2D eigenvalue weighted by Gasteiger charge is -2.19. The van der Waals surface area contributed by atoms with Gasteiger partial charge in [-0.25, -0.2) is 0 Å². The Hall–Kier alpha value is -1.00. The number of rotatable bonds is 3. The van der Waals surface area contributed by atoms with Crippen LogP contribution in [0.25, 0.3) is 0 Å². The third-order valence-electron chi connectivity index (χ3n) is 2.72. The second-order valence-electron chi connectivity index (χ2n) is 4.13. The van der Waals surface area contributed by atoms with Gasteiger partial charge in [-0.15, -0.1) is 11.3 Å². The smallest absolute Gasteiger partial charge is 0.0519 e. The van der Waals surface area contributed by atoms with E-state index in [0.717, 1.165) is 28.0 Å². The average Bonchev–Trinajstić information content (AvgIpc) is 2.68. The summed E-state index contributed by atoms with van der Waals surface area (Å²) in [4.78, 5) is 3.53. The Kier molecular flexibility index (Phi) is 3.74. The van der Waals surface area contributed by atoms with Gasteiger partial charge >= 0.3 is 0 Å². The van der Waals surface area contributed by atoms with Crippen LogP contribution in [0.3, 0.4) is 0 Å². The second kappa shape index (κ2) is 5.10. The fourth-order valence-corrected chi connectivity index (χ4v) is 3.13. The van der Waals surface area contributed by atoms with Gasteiger partial charge in [0.15, 0.2) is 0 Å². The van der Waals surface area contributed by atoms with Crippen molar-refractivity contribution < 1.29 is 0 Å². The first-order chi connectivity index (χ1) is 8.06. The fourth-order valence-electron chi connectivity index (χ4n) is 1.63. The number of thiophene rings is 1. The molecule has 2 aromatic rings. The zero-order valence-electron chi connectivity index (χ0n) is 9.90. The molecular formula is C13H15BrN2S. The predicted molar refractivity (Wildman–Crippen MR) is 79.7 cm³/mol. The zero-order valence-corrected chi connectivity index (χ0v) is 12.3. The summed E-state index contributed by atoms with van der Waals surface area (Å²) < 4.78 is 1.15. The van der Waals surface area contributed by atoms with E-state index in [9.17, 15) is 0 Å². The third-order valence-corrected chi connectivity index (χ3v) is 4.40. The summed E-state index contributed by atoms with van der Waals surface area (Å²) in [5, 5.41) is 2.10. The highest BCUT2D eigenvalue weighted by molar-refractivity contribution is 9.10. The number of halogens is 1. The average molecular weight is 311 g/mol. The summed E-state index contributed by atoms with van der Waals surface area (Å²) in [7, 11) is 2.08. The molecule has 0 atom stereocenters. The molecule has 1 aromatic carbocycles. The van der Waals surface area contributed by atoms with Crippen molar-refractivity contribution in [2.75, 3.05) is 17.7 Å². The molecular weight excluding hydrogens is 296 g/mol. The molecule has 0 amide bonds. The molecule has 0 fully saturated rings. The minimum Gasteiger partial charge on any atom is -0.398 e. The van der Waals surface area contributed by atoms with Crippen molar-refractivity contribution in [3.63, 3.8) is 0 Å². The Morgan fingerprint density at radius 1 is 1.35 bits per heavy atom. The Bertz CT molecular complexity index is 522. The minimum absolute atomic E-state index is 0.849. The maximum Gasteiger partial charge on any atom is 0.0519 e. The molecule has 17 heavy (non-hydrogen) atoms. The molecule has 0 saturated heterocycles. The largest absolute Gasteiger partial charge is 0.398 e. The highest BCUT2D eigenvalue weighted by Crippen LogP contribution is 2.25. The van der Waals surface area contributed by atoms with Crippen LogP contribution >= 0.6 is 27.3 Å². The molecule has 2 nitrogen and oxygen atoms in total. The monoisotopic (exact) mass is 310 g/mol. The van der Waals surface area contributed by atoms with Gasteiger partial charge in [0, 0.05) is 33.2 Å². The SMILES string of the molecule is Cc1ccc(N(C)Cc2cc(Br)cs2)cc1N. The maximum atomic E-state index is 5.92. The first-order valence-electron chi connectivity index (χ1n) is 5.36. The normalized spacial score (nSPS) is 10.5. The molecule has 2 N–H and O–H groups in total. The molecule has 90 valence electrons. The van der Waals surface area contributed by atoms with E-state index in [1.807, 2.05) is 13.0 Å². The molecule has 0 aliphatic rings. The van der Waals surface area contributed by atoms with E-state index < -0.39 is 0 Å². The summed E-state index contributed by atoms with van der Waals surface area (Å²) in [6.07, 6.45) is 0. The minimum atomic E-state index is 0.849. The number of aryl methyl sites for hydroxylation is 1. The van der Waals surface area contributed by atoms with Gasteiger partial charge in [0.1, 0.15) is 0 Å². The van der Waals surface area contributed by atoms with Crippen LogP contribution in [0.4, 0.5) is 11.4 Å². The summed E-state index contributed by atoms with van der Waals surface area (Å²) >= 11 is 5.23. The predicted octanol–water partition coefficient (Wildman–Crippen LogP) is 4.04. The molecule has 2 rings (SSSR count). The van der Waals surface area contributed by atoms with Gasteiger partial charge < -0.3 is 10.6 Å². The van der Waals surface area contributed by atoms with Crippen molar-refractivity contribution in [2.45, 2.75) is 13.5 Å². The van der Waals surface area contributed by atoms with E-state index in [4.69, 9.17) is 5.73 Å². The zero-order chi connectivity index (χ0) is 12.4. The Labute approximate surface area is 114 Å². The lowest BCUT2D eigenvalue weighted by molar-refractivity contribution is 0.940. The number of nitrogens with two attached hydrogens (primary N) is 1. The summed E-state index contributed by atoms with van der Waals surface area (Å²) in [6.45, 7) is 2.92. The van der Waals surface area contributed by atoms with E-state index in [2.05, 4.69) is 51.5 Å². The number of anilines is 2. The number of hydrogen-bond donors (Lipinski definition) is 1. The highest BCUT2D eigenvalue weighted by Gasteiger charge is 2.05. The van der Waals surface area contributed by atoms with Crippen molar-refractivity contribution in [3.05, 3.63) is 44.6 Å².